The van der Waals surface area contributed by atoms with Gasteiger partial charge >= 0.3 is 5.69 Å². The Morgan fingerprint density at radius 3 is 2.48 bits per heavy atom. The minimum Gasteiger partial charge on any atom is -0.507 e. The molecule has 1 saturated heterocycles. The molecule has 0 radical (unpaired) electrons. The molecule has 3 rings (SSSR count). The van der Waals surface area contributed by atoms with Crippen molar-refractivity contribution in [3.8, 4) is 11.5 Å². The van der Waals surface area contributed by atoms with Crippen LogP contribution in [0.25, 0.3) is 5.76 Å². The average Bonchev–Trinajstić information content (AvgIpc) is 3.00. The molecule has 1 aliphatic rings. The number of phenolic OH excluding ortho intramolecular Hbond substituents is 1. The normalized spacial score (nSPS) is 17.6. The summed E-state index contributed by atoms with van der Waals surface area (Å²) in [6.07, 6.45) is 0.483. The van der Waals surface area contributed by atoms with Crippen molar-refractivity contribution in [2.24, 2.45) is 0 Å². The second kappa shape index (κ2) is 9.32. The van der Waals surface area contributed by atoms with Crippen LogP contribution in [0.15, 0.2) is 42.0 Å². The summed E-state index contributed by atoms with van der Waals surface area (Å²) in [5, 5.41) is 32.3. The molecule has 1 aliphatic heterocycles. The van der Waals surface area contributed by atoms with E-state index in [0.717, 1.165) is 17.7 Å². The molecule has 174 valence electrons. The van der Waals surface area contributed by atoms with Crippen LogP contribution < -0.4 is 4.74 Å². The second-order valence-corrected chi connectivity index (χ2v) is 8.14. The van der Waals surface area contributed by atoms with E-state index in [1.165, 1.54) is 11.0 Å². The number of aromatic hydroxyl groups is 1. The van der Waals surface area contributed by atoms with Crippen LogP contribution in [0.4, 0.5) is 5.69 Å². The van der Waals surface area contributed by atoms with Gasteiger partial charge in [-0.2, -0.15) is 0 Å². The molecular formula is C24H26N2O7. The maximum Gasteiger partial charge on any atom is 0.311 e. The number of rotatable bonds is 7. The van der Waals surface area contributed by atoms with Crippen LogP contribution in [0, 0.1) is 17.0 Å². The molecule has 0 spiro atoms. The van der Waals surface area contributed by atoms with Gasteiger partial charge < -0.3 is 19.8 Å². The van der Waals surface area contributed by atoms with Crippen molar-refractivity contribution >= 4 is 23.1 Å². The lowest BCUT2D eigenvalue weighted by Gasteiger charge is -2.25. The highest BCUT2D eigenvalue weighted by Gasteiger charge is 2.46. The number of nitro benzene ring substituents is 1. The first-order chi connectivity index (χ1) is 15.6. The summed E-state index contributed by atoms with van der Waals surface area (Å²) in [5.74, 6) is -1.96. The number of nitro groups is 1. The summed E-state index contributed by atoms with van der Waals surface area (Å²) in [6, 6.07) is 7.54. The highest BCUT2D eigenvalue weighted by atomic mass is 16.6. The number of nitrogens with zero attached hydrogens (tertiary/aromatic N) is 2. The van der Waals surface area contributed by atoms with E-state index >= 15 is 0 Å². The van der Waals surface area contributed by atoms with E-state index in [9.17, 15) is 29.9 Å². The second-order valence-electron chi connectivity index (χ2n) is 8.14. The molecule has 1 fully saturated rings. The monoisotopic (exact) mass is 454 g/mol. The quantitative estimate of drug-likeness (QED) is 0.210. The van der Waals surface area contributed by atoms with Gasteiger partial charge in [0.1, 0.15) is 11.5 Å². The fourth-order valence-corrected chi connectivity index (χ4v) is 3.89. The first kappa shape index (κ1) is 23.8. The molecule has 0 bridgehead atoms. The van der Waals surface area contributed by atoms with Crippen LogP contribution in [0.2, 0.25) is 0 Å². The highest BCUT2D eigenvalue weighted by molar-refractivity contribution is 6.46. The lowest BCUT2D eigenvalue weighted by molar-refractivity contribution is -0.385. The lowest BCUT2D eigenvalue weighted by atomic mass is 9.94. The molecule has 0 aromatic heterocycles. The van der Waals surface area contributed by atoms with Gasteiger partial charge in [0.15, 0.2) is 5.75 Å². The van der Waals surface area contributed by atoms with Crippen molar-refractivity contribution in [2.45, 2.75) is 46.3 Å². The molecule has 0 saturated carbocycles. The maximum absolute atomic E-state index is 13.0. The first-order valence-corrected chi connectivity index (χ1v) is 10.6. The summed E-state index contributed by atoms with van der Waals surface area (Å²) in [7, 11) is 0. The van der Waals surface area contributed by atoms with Crippen molar-refractivity contribution in [1.82, 2.24) is 4.90 Å². The molecule has 2 aromatic carbocycles. The van der Waals surface area contributed by atoms with Gasteiger partial charge in [0, 0.05) is 18.2 Å². The third kappa shape index (κ3) is 4.52. The highest BCUT2D eigenvalue weighted by Crippen LogP contribution is 2.42. The zero-order valence-electron chi connectivity index (χ0n) is 18.9. The third-order valence-corrected chi connectivity index (χ3v) is 5.33. The third-order valence-electron chi connectivity index (χ3n) is 5.33. The maximum atomic E-state index is 13.0. The van der Waals surface area contributed by atoms with Gasteiger partial charge in [0.05, 0.1) is 22.6 Å². The number of aliphatic hydroxyl groups is 1. The molecule has 1 amide bonds. The number of phenols is 1. The summed E-state index contributed by atoms with van der Waals surface area (Å²) in [6.45, 7) is 7.61. The van der Waals surface area contributed by atoms with E-state index in [-0.39, 0.29) is 29.5 Å². The Morgan fingerprint density at radius 1 is 1.21 bits per heavy atom. The Hall–Kier alpha value is -3.88. The van der Waals surface area contributed by atoms with Gasteiger partial charge in [-0.1, -0.05) is 13.0 Å². The van der Waals surface area contributed by atoms with Gasteiger partial charge in [-0.15, -0.1) is 0 Å². The Labute approximate surface area is 191 Å². The molecule has 2 N–H and O–H groups in total. The number of likely N-dealkylation sites (tertiary alicyclic amines) is 1. The largest absolute Gasteiger partial charge is 0.507 e. The molecule has 9 heteroatoms. The summed E-state index contributed by atoms with van der Waals surface area (Å²) < 4.78 is 5.72. The Kier molecular flexibility index (Phi) is 6.71. The van der Waals surface area contributed by atoms with Gasteiger partial charge in [0.25, 0.3) is 11.7 Å². The smallest absolute Gasteiger partial charge is 0.311 e. The van der Waals surface area contributed by atoms with E-state index in [2.05, 4.69) is 0 Å². The van der Waals surface area contributed by atoms with E-state index in [0.29, 0.717) is 17.7 Å². The van der Waals surface area contributed by atoms with Crippen LogP contribution >= 0.6 is 0 Å². The fourth-order valence-electron chi connectivity index (χ4n) is 3.89. The fraction of sp³-hybridized carbons (Fsp3) is 0.333. The molecule has 9 nitrogen and oxygen atoms in total. The van der Waals surface area contributed by atoms with Crippen molar-refractivity contribution in [1.29, 1.82) is 0 Å². The minimum atomic E-state index is -1.03. The molecule has 1 atom stereocenters. The first-order valence-electron chi connectivity index (χ1n) is 10.6. The number of benzene rings is 2. The van der Waals surface area contributed by atoms with Crippen LogP contribution in [0.1, 0.15) is 49.9 Å². The standard InChI is InChI=1S/C24H26N2O7/c1-5-10-25-21(15-6-8-18(27)17(12-15)26(31)32)20(23(29)24(25)30)22(28)16-7-9-19(14(4)11-16)33-13(2)3/h6-9,11-13,21,27-28H,5,10H2,1-4H3/b22-20-. The van der Waals surface area contributed by atoms with Gasteiger partial charge in [0.2, 0.25) is 0 Å². The number of hydrogen-bond donors (Lipinski definition) is 2. The van der Waals surface area contributed by atoms with Crippen molar-refractivity contribution in [3.05, 3.63) is 68.8 Å². The van der Waals surface area contributed by atoms with Crippen LogP contribution in [-0.4, -0.2) is 44.4 Å². The zero-order valence-corrected chi connectivity index (χ0v) is 18.9. The van der Waals surface area contributed by atoms with Gasteiger partial charge in [-0.05, 0) is 62.6 Å². The number of aryl methyl sites for hydroxylation is 1. The molecule has 2 aromatic rings. The van der Waals surface area contributed by atoms with Crippen LogP contribution in [0.3, 0.4) is 0 Å². The average molecular weight is 454 g/mol. The molecular weight excluding hydrogens is 428 g/mol. The van der Waals surface area contributed by atoms with Crippen LogP contribution in [-0.2, 0) is 9.59 Å². The Balaban J connectivity index is 2.19. The predicted octanol–water partition coefficient (Wildman–Crippen LogP) is 4.23. The topological polar surface area (TPSA) is 130 Å². The summed E-state index contributed by atoms with van der Waals surface area (Å²) >= 11 is 0. The van der Waals surface area contributed by atoms with Crippen molar-refractivity contribution in [3.63, 3.8) is 0 Å². The number of amides is 1. The molecule has 1 unspecified atom stereocenters. The Bertz CT molecular complexity index is 1150. The number of carbonyl (C=O) groups excluding carboxylic acids is 2. The number of hydrogen-bond acceptors (Lipinski definition) is 7. The van der Waals surface area contributed by atoms with Gasteiger partial charge in [-0.3, -0.25) is 19.7 Å². The SMILES string of the molecule is CCCN1C(=O)C(=O)/C(=C(\O)c2ccc(OC(C)C)c(C)c2)C1c1ccc(O)c([N+](=O)[O-])c1. The zero-order chi connectivity index (χ0) is 24.4. The Morgan fingerprint density at radius 2 is 1.91 bits per heavy atom. The van der Waals surface area contributed by atoms with E-state index in [1.807, 2.05) is 20.8 Å². The minimum absolute atomic E-state index is 0.0483. The molecule has 0 aliphatic carbocycles. The van der Waals surface area contributed by atoms with Crippen molar-refractivity contribution < 1.29 is 29.5 Å². The van der Waals surface area contributed by atoms with E-state index < -0.39 is 34.1 Å². The number of Topliss-reactive ketones (excluding diaryl/α,β-unsaturated/α-hetero) is 1. The lowest BCUT2D eigenvalue weighted by Crippen LogP contribution is -2.30. The number of carbonyl (C=O) groups is 2. The molecule has 33 heavy (non-hydrogen) atoms. The van der Waals surface area contributed by atoms with Gasteiger partial charge in [-0.25, -0.2) is 0 Å². The number of ketones is 1. The molecule has 1 heterocycles. The van der Waals surface area contributed by atoms with E-state index in [4.69, 9.17) is 4.74 Å². The number of ether oxygens (including phenoxy) is 1. The summed E-state index contributed by atoms with van der Waals surface area (Å²) in [5.41, 5.74) is 0.569. The summed E-state index contributed by atoms with van der Waals surface area (Å²) in [4.78, 5) is 37.6. The van der Waals surface area contributed by atoms with Crippen LogP contribution in [0.5, 0.6) is 11.5 Å². The number of aliphatic hydroxyl groups excluding tert-OH is 1. The van der Waals surface area contributed by atoms with Crippen molar-refractivity contribution in [2.75, 3.05) is 6.54 Å². The predicted molar refractivity (Wildman–Crippen MR) is 121 cm³/mol. The van der Waals surface area contributed by atoms with E-state index in [1.54, 1.807) is 25.1 Å².